The van der Waals surface area contributed by atoms with Gasteiger partial charge in [-0.3, -0.25) is 9.69 Å². The summed E-state index contributed by atoms with van der Waals surface area (Å²) in [5.41, 5.74) is 3.90. The van der Waals surface area contributed by atoms with Crippen molar-refractivity contribution in [1.82, 2.24) is 20.0 Å². The number of aromatic nitrogens is 2. The van der Waals surface area contributed by atoms with Crippen LogP contribution in [0.25, 0.3) is 16.9 Å². The van der Waals surface area contributed by atoms with Gasteiger partial charge in [-0.05, 0) is 67.9 Å². The SMILES string of the molecule is COc1ccc(C(CNC(=O)c2cn(-c3ccccc3)nc2-c2ccccc2OC)N2CCCC2)cc1. The van der Waals surface area contributed by atoms with Gasteiger partial charge in [0.2, 0.25) is 0 Å². The lowest BCUT2D eigenvalue weighted by Crippen LogP contribution is -2.36. The molecule has 1 N–H and O–H groups in total. The van der Waals surface area contributed by atoms with Crippen LogP contribution < -0.4 is 14.8 Å². The molecule has 1 aliphatic heterocycles. The van der Waals surface area contributed by atoms with Crippen LogP contribution in [0.4, 0.5) is 0 Å². The minimum Gasteiger partial charge on any atom is -0.497 e. The van der Waals surface area contributed by atoms with E-state index in [1.54, 1.807) is 25.1 Å². The van der Waals surface area contributed by atoms with Crippen LogP contribution in [0.5, 0.6) is 11.5 Å². The van der Waals surface area contributed by atoms with E-state index in [0.717, 1.165) is 35.7 Å². The Kier molecular flexibility index (Phi) is 7.51. The number of nitrogens with one attached hydrogen (secondary N) is 1. The summed E-state index contributed by atoms with van der Waals surface area (Å²) in [7, 11) is 3.30. The lowest BCUT2D eigenvalue weighted by atomic mass is 10.0. The maximum absolute atomic E-state index is 13.7. The minimum absolute atomic E-state index is 0.0798. The average molecular weight is 497 g/mol. The van der Waals surface area contributed by atoms with Gasteiger partial charge in [0.25, 0.3) is 5.91 Å². The van der Waals surface area contributed by atoms with E-state index in [1.807, 2.05) is 66.7 Å². The van der Waals surface area contributed by atoms with Crippen molar-refractivity contribution in [2.45, 2.75) is 18.9 Å². The molecule has 5 rings (SSSR count). The molecule has 7 heteroatoms. The third-order valence-electron chi connectivity index (χ3n) is 6.88. The molecule has 0 radical (unpaired) electrons. The summed E-state index contributed by atoms with van der Waals surface area (Å²) in [5, 5.41) is 8.02. The number of ether oxygens (including phenoxy) is 2. The number of nitrogens with zero attached hydrogens (tertiary/aromatic N) is 3. The molecule has 0 saturated carbocycles. The number of hydrogen-bond acceptors (Lipinski definition) is 5. The molecule has 1 saturated heterocycles. The van der Waals surface area contributed by atoms with Gasteiger partial charge < -0.3 is 14.8 Å². The zero-order chi connectivity index (χ0) is 25.6. The van der Waals surface area contributed by atoms with Crippen molar-refractivity contribution in [1.29, 1.82) is 0 Å². The van der Waals surface area contributed by atoms with Crippen molar-refractivity contribution in [3.05, 3.63) is 96.2 Å². The van der Waals surface area contributed by atoms with Crippen molar-refractivity contribution >= 4 is 5.91 Å². The second-order valence-corrected chi connectivity index (χ2v) is 9.11. The standard InChI is InChI=1S/C30H32N4O3/c1-36-24-16-14-22(15-17-24)27(33-18-8-9-19-33)20-31-30(35)26-21-34(23-10-4-3-5-11-23)32-29(26)25-12-6-7-13-28(25)37-2/h3-7,10-17,21,27H,8-9,18-20H2,1-2H3,(H,31,35). The zero-order valence-electron chi connectivity index (χ0n) is 21.3. The number of methoxy groups -OCH3 is 2. The summed E-state index contributed by atoms with van der Waals surface area (Å²) in [4.78, 5) is 16.1. The molecule has 0 aliphatic carbocycles. The van der Waals surface area contributed by atoms with Crippen molar-refractivity contribution in [2.75, 3.05) is 33.9 Å². The molecule has 3 aromatic carbocycles. The van der Waals surface area contributed by atoms with Crippen molar-refractivity contribution < 1.29 is 14.3 Å². The van der Waals surface area contributed by atoms with E-state index < -0.39 is 0 Å². The molecule has 2 heterocycles. The van der Waals surface area contributed by atoms with Crippen LogP contribution in [0.15, 0.2) is 85.1 Å². The number of hydrogen-bond donors (Lipinski definition) is 1. The number of rotatable bonds is 9. The number of benzene rings is 3. The van der Waals surface area contributed by atoms with Crippen LogP contribution in [0.1, 0.15) is 34.8 Å². The molecule has 1 atom stereocenters. The van der Waals surface area contributed by atoms with Crippen LogP contribution in [0, 0.1) is 0 Å². The second kappa shape index (κ2) is 11.3. The van der Waals surface area contributed by atoms with Gasteiger partial charge in [0.05, 0.1) is 31.5 Å². The van der Waals surface area contributed by atoms with Crippen LogP contribution in [-0.2, 0) is 0 Å². The van der Waals surface area contributed by atoms with Gasteiger partial charge in [-0.1, -0.05) is 42.5 Å². The molecule has 1 fully saturated rings. The Morgan fingerprint density at radius 2 is 1.62 bits per heavy atom. The van der Waals surface area contributed by atoms with E-state index in [2.05, 4.69) is 22.3 Å². The summed E-state index contributed by atoms with van der Waals surface area (Å²) in [6, 6.07) is 25.6. The number of para-hydroxylation sites is 2. The molecular weight excluding hydrogens is 464 g/mol. The summed E-state index contributed by atoms with van der Waals surface area (Å²) in [5.74, 6) is 1.33. The van der Waals surface area contributed by atoms with Gasteiger partial charge in [0, 0.05) is 18.3 Å². The number of amides is 1. The summed E-state index contributed by atoms with van der Waals surface area (Å²) in [6.45, 7) is 2.53. The first-order valence-corrected chi connectivity index (χ1v) is 12.6. The lowest BCUT2D eigenvalue weighted by molar-refractivity contribution is 0.0938. The number of likely N-dealkylation sites (tertiary alicyclic amines) is 1. The highest BCUT2D eigenvalue weighted by atomic mass is 16.5. The largest absolute Gasteiger partial charge is 0.497 e. The first-order valence-electron chi connectivity index (χ1n) is 12.6. The van der Waals surface area contributed by atoms with Gasteiger partial charge >= 0.3 is 0 Å². The molecule has 37 heavy (non-hydrogen) atoms. The van der Waals surface area contributed by atoms with E-state index >= 15 is 0 Å². The van der Waals surface area contributed by atoms with Crippen LogP contribution >= 0.6 is 0 Å². The molecule has 7 nitrogen and oxygen atoms in total. The maximum Gasteiger partial charge on any atom is 0.255 e. The maximum atomic E-state index is 13.7. The lowest BCUT2D eigenvalue weighted by Gasteiger charge is -2.28. The fraction of sp³-hybridized carbons (Fsp3) is 0.267. The fourth-order valence-electron chi connectivity index (χ4n) is 4.91. The smallest absolute Gasteiger partial charge is 0.255 e. The van der Waals surface area contributed by atoms with Crippen LogP contribution in [0.3, 0.4) is 0 Å². The van der Waals surface area contributed by atoms with Crippen molar-refractivity contribution in [3.63, 3.8) is 0 Å². The molecular formula is C30H32N4O3. The predicted molar refractivity (Wildman–Crippen MR) is 144 cm³/mol. The molecule has 1 amide bonds. The van der Waals surface area contributed by atoms with E-state index in [9.17, 15) is 4.79 Å². The normalized spacial score (nSPS) is 14.3. The van der Waals surface area contributed by atoms with E-state index in [0.29, 0.717) is 23.6 Å². The fourth-order valence-corrected chi connectivity index (χ4v) is 4.91. The zero-order valence-corrected chi connectivity index (χ0v) is 21.3. The Balaban J connectivity index is 1.45. The molecule has 0 spiro atoms. The first-order chi connectivity index (χ1) is 18.2. The van der Waals surface area contributed by atoms with Crippen LogP contribution in [0.2, 0.25) is 0 Å². The molecule has 190 valence electrons. The van der Waals surface area contributed by atoms with Crippen LogP contribution in [-0.4, -0.2) is 54.4 Å². The Bertz CT molecular complexity index is 1330. The molecule has 1 aromatic heterocycles. The van der Waals surface area contributed by atoms with E-state index in [-0.39, 0.29) is 11.9 Å². The second-order valence-electron chi connectivity index (χ2n) is 9.11. The summed E-state index contributed by atoms with van der Waals surface area (Å²) >= 11 is 0. The Morgan fingerprint density at radius 3 is 2.32 bits per heavy atom. The average Bonchev–Trinajstić information content (AvgIpc) is 3.65. The molecule has 1 aliphatic rings. The molecule has 0 bridgehead atoms. The quantitative estimate of drug-likeness (QED) is 0.348. The highest BCUT2D eigenvalue weighted by Crippen LogP contribution is 2.32. The van der Waals surface area contributed by atoms with Crippen molar-refractivity contribution in [2.24, 2.45) is 0 Å². The summed E-state index contributed by atoms with van der Waals surface area (Å²) in [6.07, 6.45) is 4.13. The Hall–Kier alpha value is -4.10. The third kappa shape index (κ3) is 5.37. The Labute approximate surface area is 217 Å². The monoisotopic (exact) mass is 496 g/mol. The van der Waals surface area contributed by atoms with Gasteiger partial charge in [-0.15, -0.1) is 0 Å². The molecule has 1 unspecified atom stereocenters. The Morgan fingerprint density at radius 1 is 0.919 bits per heavy atom. The minimum atomic E-state index is -0.166. The molecule has 4 aromatic rings. The van der Waals surface area contributed by atoms with Gasteiger partial charge in [0.15, 0.2) is 0 Å². The van der Waals surface area contributed by atoms with E-state index in [4.69, 9.17) is 14.6 Å². The van der Waals surface area contributed by atoms with Crippen molar-refractivity contribution in [3.8, 4) is 28.4 Å². The first kappa shape index (κ1) is 24.6. The summed E-state index contributed by atoms with van der Waals surface area (Å²) < 4.78 is 12.7. The van der Waals surface area contributed by atoms with Gasteiger partial charge in [-0.2, -0.15) is 5.10 Å². The predicted octanol–water partition coefficient (Wildman–Crippen LogP) is 5.12. The number of carbonyl (C=O) groups excluding carboxylic acids is 1. The number of carbonyl (C=O) groups is 1. The third-order valence-corrected chi connectivity index (χ3v) is 6.88. The topological polar surface area (TPSA) is 68.6 Å². The highest BCUT2D eigenvalue weighted by molar-refractivity contribution is 6.00. The van der Waals surface area contributed by atoms with E-state index in [1.165, 1.54) is 12.8 Å². The highest BCUT2D eigenvalue weighted by Gasteiger charge is 2.26. The van der Waals surface area contributed by atoms with Gasteiger partial charge in [-0.25, -0.2) is 4.68 Å². The van der Waals surface area contributed by atoms with Gasteiger partial charge in [0.1, 0.15) is 17.2 Å².